The van der Waals surface area contributed by atoms with Gasteiger partial charge in [0.25, 0.3) is 0 Å². The minimum absolute atomic E-state index is 0.573. The summed E-state index contributed by atoms with van der Waals surface area (Å²) in [6, 6.07) is 3.90. The van der Waals surface area contributed by atoms with Gasteiger partial charge in [0, 0.05) is 24.1 Å². The van der Waals surface area contributed by atoms with Gasteiger partial charge >= 0.3 is 0 Å². The Labute approximate surface area is 95.7 Å². The topological polar surface area (TPSA) is 72.5 Å². The Morgan fingerprint density at radius 1 is 1.50 bits per heavy atom. The molecular weight excluding hydrogens is 204 g/mol. The molecule has 0 saturated carbocycles. The molecule has 0 fully saturated rings. The Kier molecular flexibility index (Phi) is 4.88. The van der Waals surface area contributed by atoms with Crippen molar-refractivity contribution >= 4 is 5.84 Å². The molecule has 1 heterocycles. The van der Waals surface area contributed by atoms with E-state index in [1.165, 1.54) is 0 Å². The molecule has 0 aliphatic rings. The van der Waals surface area contributed by atoms with E-state index in [9.17, 15) is 0 Å². The molecule has 1 aromatic heterocycles. The summed E-state index contributed by atoms with van der Waals surface area (Å²) in [5.41, 5.74) is 5.40. The van der Waals surface area contributed by atoms with Crippen molar-refractivity contribution in [1.82, 2.24) is 10.4 Å². The summed E-state index contributed by atoms with van der Waals surface area (Å²) >= 11 is 0. The van der Waals surface area contributed by atoms with Crippen LogP contribution in [-0.2, 0) is 4.74 Å². The number of aliphatic imine (C=N–C) groups is 1. The van der Waals surface area contributed by atoms with Gasteiger partial charge in [0.2, 0.25) is 0 Å². The second kappa shape index (κ2) is 6.19. The first-order valence-electron chi connectivity index (χ1n) is 5.13. The predicted octanol–water partition coefficient (Wildman–Crippen LogP) is 0.555. The zero-order chi connectivity index (χ0) is 12.0. The Morgan fingerprint density at radius 2 is 2.25 bits per heavy atom. The third-order valence-electron chi connectivity index (χ3n) is 2.18. The lowest BCUT2D eigenvalue weighted by Crippen LogP contribution is -2.32. The number of nitrogens with one attached hydrogen (secondary N) is 1. The maximum atomic E-state index is 5.44. The lowest BCUT2D eigenvalue weighted by atomic mass is 10.1. The average molecular weight is 222 g/mol. The van der Waals surface area contributed by atoms with E-state index in [2.05, 4.69) is 15.4 Å². The molecule has 5 nitrogen and oxygen atoms in total. The van der Waals surface area contributed by atoms with Gasteiger partial charge < -0.3 is 10.2 Å². The van der Waals surface area contributed by atoms with Crippen LogP contribution < -0.4 is 11.3 Å². The minimum Gasteiger partial charge on any atom is -0.383 e. The number of aryl methyl sites for hydroxylation is 2. The summed E-state index contributed by atoms with van der Waals surface area (Å²) in [5, 5.41) is 0. The minimum atomic E-state index is 0.573. The Morgan fingerprint density at radius 3 is 2.81 bits per heavy atom. The second-order valence-electron chi connectivity index (χ2n) is 3.45. The van der Waals surface area contributed by atoms with Crippen molar-refractivity contribution in [1.29, 1.82) is 0 Å². The number of nitrogens with two attached hydrogens (primary N) is 1. The van der Waals surface area contributed by atoms with Crippen molar-refractivity contribution in [2.24, 2.45) is 10.8 Å². The maximum Gasteiger partial charge on any atom is 0.144 e. The normalized spacial score (nSPS) is 11.6. The van der Waals surface area contributed by atoms with Crippen molar-refractivity contribution in [3.8, 4) is 0 Å². The smallest absolute Gasteiger partial charge is 0.144 e. The lowest BCUT2D eigenvalue weighted by Gasteiger charge is -2.09. The average Bonchev–Trinajstić information content (AvgIpc) is 2.26. The standard InChI is InChI=1S/C11H18N4O/c1-8-4-5-10(9(2)14-8)11(15-12)13-6-7-16-3/h4-5H,6-7,12H2,1-3H3,(H,13,15). The summed E-state index contributed by atoms with van der Waals surface area (Å²) in [7, 11) is 1.64. The van der Waals surface area contributed by atoms with Gasteiger partial charge in [0.1, 0.15) is 5.84 Å². The molecule has 0 atom stereocenters. The van der Waals surface area contributed by atoms with E-state index in [4.69, 9.17) is 10.6 Å². The number of aromatic nitrogens is 1. The maximum absolute atomic E-state index is 5.44. The molecule has 1 rings (SSSR count). The van der Waals surface area contributed by atoms with E-state index in [0.717, 1.165) is 17.0 Å². The van der Waals surface area contributed by atoms with Crippen LogP contribution in [0.3, 0.4) is 0 Å². The third-order valence-corrected chi connectivity index (χ3v) is 2.18. The lowest BCUT2D eigenvalue weighted by molar-refractivity contribution is 0.208. The Bertz CT molecular complexity index is 376. The Hall–Kier alpha value is -1.46. The number of nitrogens with zero attached hydrogens (tertiary/aromatic N) is 2. The van der Waals surface area contributed by atoms with Crippen molar-refractivity contribution < 1.29 is 4.74 Å². The van der Waals surface area contributed by atoms with Crippen molar-refractivity contribution in [3.05, 3.63) is 29.1 Å². The zero-order valence-corrected chi connectivity index (χ0v) is 9.95. The van der Waals surface area contributed by atoms with Gasteiger partial charge in [0.05, 0.1) is 13.2 Å². The van der Waals surface area contributed by atoms with Crippen LogP contribution in [0.2, 0.25) is 0 Å². The number of hydrazine groups is 1. The molecule has 0 unspecified atom stereocenters. The van der Waals surface area contributed by atoms with E-state index in [1.807, 2.05) is 26.0 Å². The van der Waals surface area contributed by atoms with Crippen LogP contribution in [-0.4, -0.2) is 31.1 Å². The summed E-state index contributed by atoms with van der Waals surface area (Å²) in [4.78, 5) is 8.67. The Balaban J connectivity index is 2.90. The van der Waals surface area contributed by atoms with Crippen molar-refractivity contribution in [3.63, 3.8) is 0 Å². The summed E-state index contributed by atoms with van der Waals surface area (Å²) in [5.74, 6) is 6.09. The highest BCUT2D eigenvalue weighted by molar-refractivity contribution is 5.99. The molecule has 0 aliphatic heterocycles. The van der Waals surface area contributed by atoms with E-state index in [-0.39, 0.29) is 0 Å². The molecule has 0 amide bonds. The molecule has 0 saturated heterocycles. The molecular formula is C11H18N4O. The molecule has 5 heteroatoms. The highest BCUT2D eigenvalue weighted by Gasteiger charge is 2.06. The summed E-state index contributed by atoms with van der Waals surface area (Å²) in [6.07, 6.45) is 0. The quantitative estimate of drug-likeness (QED) is 0.257. The fraction of sp³-hybridized carbons (Fsp3) is 0.455. The van der Waals surface area contributed by atoms with Crippen molar-refractivity contribution in [2.75, 3.05) is 20.3 Å². The molecule has 88 valence electrons. The largest absolute Gasteiger partial charge is 0.383 e. The van der Waals surface area contributed by atoms with E-state index < -0.39 is 0 Å². The van der Waals surface area contributed by atoms with Gasteiger partial charge in [0.15, 0.2) is 0 Å². The molecule has 0 bridgehead atoms. The van der Waals surface area contributed by atoms with E-state index in [0.29, 0.717) is 19.0 Å². The summed E-state index contributed by atoms with van der Waals surface area (Å²) < 4.78 is 4.93. The first-order chi connectivity index (χ1) is 7.69. The van der Waals surface area contributed by atoms with Crippen LogP contribution in [0.1, 0.15) is 17.0 Å². The van der Waals surface area contributed by atoms with E-state index >= 15 is 0 Å². The van der Waals surface area contributed by atoms with Crippen LogP contribution in [0.4, 0.5) is 0 Å². The second-order valence-corrected chi connectivity index (χ2v) is 3.45. The van der Waals surface area contributed by atoms with Gasteiger partial charge in [-0.25, -0.2) is 5.84 Å². The number of amidine groups is 1. The molecule has 0 aliphatic carbocycles. The van der Waals surface area contributed by atoms with E-state index in [1.54, 1.807) is 7.11 Å². The van der Waals surface area contributed by atoms with Crippen LogP contribution in [0.5, 0.6) is 0 Å². The van der Waals surface area contributed by atoms with Gasteiger partial charge in [-0.05, 0) is 26.0 Å². The fourth-order valence-corrected chi connectivity index (χ4v) is 1.39. The van der Waals surface area contributed by atoms with Crippen LogP contribution >= 0.6 is 0 Å². The first-order valence-corrected chi connectivity index (χ1v) is 5.13. The SMILES string of the molecule is COCCN=C(NN)c1ccc(C)nc1C. The number of hydrogen-bond acceptors (Lipinski definition) is 4. The molecule has 0 aromatic carbocycles. The third kappa shape index (κ3) is 3.29. The van der Waals surface area contributed by atoms with Gasteiger partial charge in [-0.2, -0.15) is 0 Å². The summed E-state index contributed by atoms with van der Waals surface area (Å²) in [6.45, 7) is 5.03. The number of hydrogen-bond donors (Lipinski definition) is 2. The van der Waals surface area contributed by atoms with Gasteiger partial charge in [-0.1, -0.05) is 0 Å². The van der Waals surface area contributed by atoms with Crippen LogP contribution in [0, 0.1) is 13.8 Å². The molecule has 3 N–H and O–H groups in total. The fourth-order valence-electron chi connectivity index (χ4n) is 1.39. The number of methoxy groups -OCH3 is 1. The number of pyridine rings is 1. The van der Waals surface area contributed by atoms with Crippen LogP contribution in [0.25, 0.3) is 0 Å². The molecule has 1 aromatic rings. The predicted molar refractivity (Wildman–Crippen MR) is 64.3 cm³/mol. The van der Waals surface area contributed by atoms with Gasteiger partial charge in [-0.3, -0.25) is 9.98 Å². The van der Waals surface area contributed by atoms with Gasteiger partial charge in [-0.15, -0.1) is 0 Å². The molecule has 0 spiro atoms. The first kappa shape index (κ1) is 12.6. The highest BCUT2D eigenvalue weighted by atomic mass is 16.5. The van der Waals surface area contributed by atoms with Crippen LogP contribution in [0.15, 0.2) is 17.1 Å². The monoisotopic (exact) mass is 222 g/mol. The number of rotatable bonds is 4. The molecule has 0 radical (unpaired) electrons. The molecule has 16 heavy (non-hydrogen) atoms. The zero-order valence-electron chi connectivity index (χ0n) is 9.95. The highest BCUT2D eigenvalue weighted by Crippen LogP contribution is 2.06. The number of ether oxygens (including phenoxy) is 1. The van der Waals surface area contributed by atoms with Crippen molar-refractivity contribution in [2.45, 2.75) is 13.8 Å².